The number of nitrogens with zero attached hydrogens (tertiary/aromatic N) is 2. The van der Waals surface area contributed by atoms with E-state index in [0.717, 1.165) is 12.8 Å². The van der Waals surface area contributed by atoms with Crippen molar-refractivity contribution in [2.24, 2.45) is 0 Å². The van der Waals surface area contributed by atoms with Gasteiger partial charge in [0.25, 0.3) is 10.2 Å². The standard InChI is InChI=1S/C11H24N2O3S/c1-4-7-12(8-5-2)17(15,16)13-9-6-11(3,14)10-13/h14H,4-10H2,1-3H3. The highest BCUT2D eigenvalue weighted by molar-refractivity contribution is 7.86. The average Bonchev–Trinajstić information content (AvgIpc) is 2.59. The van der Waals surface area contributed by atoms with E-state index in [9.17, 15) is 13.5 Å². The zero-order valence-electron chi connectivity index (χ0n) is 11.0. The zero-order valence-corrected chi connectivity index (χ0v) is 11.8. The predicted octanol–water partition coefficient (Wildman–Crippen LogP) is 0.810. The molecule has 0 saturated carbocycles. The summed E-state index contributed by atoms with van der Waals surface area (Å²) in [5.74, 6) is 0. The van der Waals surface area contributed by atoms with Crippen LogP contribution in [-0.2, 0) is 10.2 Å². The molecule has 0 amide bonds. The van der Waals surface area contributed by atoms with E-state index >= 15 is 0 Å². The third-order valence-electron chi connectivity index (χ3n) is 3.02. The summed E-state index contributed by atoms with van der Waals surface area (Å²) in [4.78, 5) is 0. The summed E-state index contributed by atoms with van der Waals surface area (Å²) in [5.41, 5.74) is -0.878. The lowest BCUT2D eigenvalue weighted by atomic mass is 10.1. The summed E-state index contributed by atoms with van der Waals surface area (Å²) in [6.45, 7) is 7.35. The van der Waals surface area contributed by atoms with Gasteiger partial charge >= 0.3 is 0 Å². The highest BCUT2D eigenvalue weighted by atomic mass is 32.2. The molecule has 1 unspecified atom stereocenters. The average molecular weight is 264 g/mol. The van der Waals surface area contributed by atoms with Crippen LogP contribution in [0, 0.1) is 0 Å². The molecule has 1 aliphatic rings. The number of β-amino-alcohol motifs (C(OH)–C–C–N with tert-alkyl or cyclic N) is 1. The quantitative estimate of drug-likeness (QED) is 0.772. The van der Waals surface area contributed by atoms with Crippen LogP contribution in [0.1, 0.15) is 40.0 Å². The van der Waals surface area contributed by atoms with Crippen molar-refractivity contribution in [1.82, 2.24) is 8.61 Å². The summed E-state index contributed by atoms with van der Waals surface area (Å²) < 4.78 is 27.6. The number of rotatable bonds is 6. The summed E-state index contributed by atoms with van der Waals surface area (Å²) in [5, 5.41) is 9.85. The van der Waals surface area contributed by atoms with Gasteiger partial charge in [-0.1, -0.05) is 13.8 Å². The summed E-state index contributed by atoms with van der Waals surface area (Å²) in [7, 11) is -3.39. The molecule has 0 aromatic heterocycles. The first-order valence-corrected chi connectivity index (χ1v) is 7.71. The third-order valence-corrected chi connectivity index (χ3v) is 5.00. The van der Waals surface area contributed by atoms with Gasteiger partial charge in [-0.3, -0.25) is 0 Å². The van der Waals surface area contributed by atoms with E-state index in [0.29, 0.717) is 26.1 Å². The van der Waals surface area contributed by atoms with Crippen molar-refractivity contribution in [1.29, 1.82) is 0 Å². The van der Waals surface area contributed by atoms with E-state index < -0.39 is 15.8 Å². The maximum absolute atomic E-state index is 12.3. The minimum atomic E-state index is -3.39. The maximum atomic E-state index is 12.3. The van der Waals surface area contributed by atoms with E-state index in [-0.39, 0.29) is 6.54 Å². The van der Waals surface area contributed by atoms with Crippen molar-refractivity contribution in [2.75, 3.05) is 26.2 Å². The van der Waals surface area contributed by atoms with Crippen LogP contribution in [0.15, 0.2) is 0 Å². The molecule has 1 heterocycles. The van der Waals surface area contributed by atoms with Crippen LogP contribution in [0.2, 0.25) is 0 Å². The molecule has 0 aromatic rings. The smallest absolute Gasteiger partial charge is 0.282 e. The molecule has 1 aliphatic heterocycles. The van der Waals surface area contributed by atoms with Gasteiger partial charge in [0.05, 0.1) is 5.60 Å². The molecule has 1 N–H and O–H groups in total. The number of hydrogen-bond donors (Lipinski definition) is 1. The first-order chi connectivity index (χ1) is 7.83. The van der Waals surface area contributed by atoms with Gasteiger partial charge in [-0.05, 0) is 26.2 Å². The van der Waals surface area contributed by atoms with Crippen LogP contribution >= 0.6 is 0 Å². The monoisotopic (exact) mass is 264 g/mol. The van der Waals surface area contributed by atoms with E-state index in [2.05, 4.69) is 0 Å². The van der Waals surface area contributed by atoms with Crippen molar-refractivity contribution in [2.45, 2.75) is 45.6 Å². The molecule has 1 atom stereocenters. The highest BCUT2D eigenvalue weighted by Crippen LogP contribution is 2.24. The largest absolute Gasteiger partial charge is 0.389 e. The van der Waals surface area contributed by atoms with Crippen LogP contribution < -0.4 is 0 Å². The normalized spacial score (nSPS) is 26.9. The summed E-state index contributed by atoms with van der Waals surface area (Å²) >= 11 is 0. The van der Waals surface area contributed by atoms with Gasteiger partial charge in [0, 0.05) is 26.2 Å². The minimum Gasteiger partial charge on any atom is -0.389 e. The van der Waals surface area contributed by atoms with E-state index in [1.165, 1.54) is 8.61 Å². The molecule has 0 bridgehead atoms. The van der Waals surface area contributed by atoms with Crippen molar-refractivity contribution in [3.63, 3.8) is 0 Å². The molecule has 0 spiro atoms. The Morgan fingerprint density at radius 1 is 1.29 bits per heavy atom. The molecule has 6 heteroatoms. The van der Waals surface area contributed by atoms with Crippen LogP contribution in [0.25, 0.3) is 0 Å². The zero-order chi connectivity index (χ0) is 13.1. The first kappa shape index (κ1) is 14.9. The number of hydrogen-bond acceptors (Lipinski definition) is 3. The molecule has 17 heavy (non-hydrogen) atoms. The van der Waals surface area contributed by atoms with Crippen molar-refractivity contribution in [3.05, 3.63) is 0 Å². The molecular formula is C11H24N2O3S. The highest BCUT2D eigenvalue weighted by Gasteiger charge is 2.39. The molecule has 0 radical (unpaired) electrons. The molecule has 0 aliphatic carbocycles. The molecule has 5 nitrogen and oxygen atoms in total. The maximum Gasteiger partial charge on any atom is 0.282 e. The predicted molar refractivity (Wildman–Crippen MR) is 67.9 cm³/mol. The lowest BCUT2D eigenvalue weighted by molar-refractivity contribution is 0.0757. The first-order valence-electron chi connectivity index (χ1n) is 6.31. The summed E-state index contributed by atoms with van der Waals surface area (Å²) in [6, 6.07) is 0. The van der Waals surface area contributed by atoms with Gasteiger partial charge in [-0.2, -0.15) is 17.0 Å². The van der Waals surface area contributed by atoms with Gasteiger partial charge < -0.3 is 5.11 Å². The van der Waals surface area contributed by atoms with Crippen molar-refractivity contribution >= 4 is 10.2 Å². The molecule has 1 saturated heterocycles. The second kappa shape index (κ2) is 5.65. The van der Waals surface area contributed by atoms with Crippen molar-refractivity contribution in [3.8, 4) is 0 Å². The van der Waals surface area contributed by atoms with Gasteiger partial charge in [0.2, 0.25) is 0 Å². The SMILES string of the molecule is CCCN(CCC)S(=O)(=O)N1CCC(C)(O)C1. The Morgan fingerprint density at radius 3 is 2.18 bits per heavy atom. The fraction of sp³-hybridized carbons (Fsp3) is 1.00. The third kappa shape index (κ3) is 3.64. The van der Waals surface area contributed by atoms with Gasteiger partial charge in [-0.25, -0.2) is 0 Å². The molecular weight excluding hydrogens is 240 g/mol. The Labute approximate surface area is 105 Å². The van der Waals surface area contributed by atoms with E-state index in [1.807, 2.05) is 13.8 Å². The Balaban J connectivity index is 2.78. The van der Waals surface area contributed by atoms with Gasteiger partial charge in [-0.15, -0.1) is 0 Å². The topological polar surface area (TPSA) is 60.9 Å². The second-order valence-corrected chi connectivity index (χ2v) is 6.92. The Bertz CT molecular complexity index is 327. The van der Waals surface area contributed by atoms with E-state index in [4.69, 9.17) is 0 Å². The van der Waals surface area contributed by atoms with Crippen LogP contribution in [-0.4, -0.2) is 53.9 Å². The summed E-state index contributed by atoms with van der Waals surface area (Å²) in [6.07, 6.45) is 2.13. The Kier molecular flexibility index (Phi) is 4.95. The molecule has 0 aromatic carbocycles. The van der Waals surface area contributed by atoms with Gasteiger partial charge in [0.1, 0.15) is 0 Å². The fourth-order valence-electron chi connectivity index (χ4n) is 2.11. The van der Waals surface area contributed by atoms with E-state index in [1.54, 1.807) is 6.92 Å². The molecule has 102 valence electrons. The lowest BCUT2D eigenvalue weighted by Crippen LogP contribution is -2.44. The minimum absolute atomic E-state index is 0.208. The van der Waals surface area contributed by atoms with Crippen LogP contribution in [0.5, 0.6) is 0 Å². The second-order valence-electron chi connectivity index (χ2n) is 4.99. The van der Waals surface area contributed by atoms with Crippen molar-refractivity contribution < 1.29 is 13.5 Å². The fourth-order valence-corrected chi connectivity index (χ4v) is 4.02. The Morgan fingerprint density at radius 2 is 1.82 bits per heavy atom. The van der Waals surface area contributed by atoms with Crippen LogP contribution in [0.3, 0.4) is 0 Å². The number of aliphatic hydroxyl groups is 1. The van der Waals surface area contributed by atoms with Gasteiger partial charge in [0.15, 0.2) is 0 Å². The Hall–Kier alpha value is -0.170. The molecule has 1 fully saturated rings. The lowest BCUT2D eigenvalue weighted by Gasteiger charge is -2.27. The van der Waals surface area contributed by atoms with Crippen LogP contribution in [0.4, 0.5) is 0 Å². The molecule has 1 rings (SSSR count).